The molecule has 0 aliphatic heterocycles. The second-order valence-electron chi connectivity index (χ2n) is 12.1. The van der Waals surface area contributed by atoms with Gasteiger partial charge in [0.2, 0.25) is 0 Å². The van der Waals surface area contributed by atoms with Crippen LogP contribution in [-0.2, 0) is 41.1 Å². The van der Waals surface area contributed by atoms with Crippen LogP contribution < -0.4 is 24.8 Å². The maximum atomic E-state index is 3.53. The molecule has 0 N–H and O–H groups in total. The molecule has 208 valence electrons. The van der Waals surface area contributed by atoms with Crippen LogP contribution in [0.25, 0.3) is 11.1 Å². The van der Waals surface area contributed by atoms with Crippen molar-refractivity contribution in [1.82, 2.24) is 0 Å². The number of unbranched alkanes of at least 4 members (excludes halogenated alkanes) is 2. The predicted octanol–water partition coefficient (Wildman–Crippen LogP) is 4.15. The molecular weight excluding hydrogens is 670 g/mol. The van der Waals surface area contributed by atoms with E-state index in [-0.39, 0.29) is 35.6 Å². The van der Waals surface area contributed by atoms with E-state index in [1.165, 1.54) is 95.8 Å². The third-order valence-corrected chi connectivity index (χ3v) is 8.54. The fourth-order valence-electron chi connectivity index (χ4n) is 4.21. The minimum Gasteiger partial charge on any atom is -1.00 e. The number of fused-ring (bicyclic) bond motifs is 3. The number of halogens is 2. The van der Waals surface area contributed by atoms with Crippen molar-refractivity contribution in [3.8, 4) is 11.1 Å². The third-order valence-electron chi connectivity index (χ3n) is 6.75. The van der Waals surface area contributed by atoms with Gasteiger partial charge in [-0.15, -0.1) is 5.56 Å². The molecule has 0 saturated heterocycles. The molecule has 4 rings (SSSR count). The summed E-state index contributed by atoms with van der Waals surface area (Å²) < 4.78 is 1.84. The van der Waals surface area contributed by atoms with Gasteiger partial charge in [-0.05, 0) is 17.4 Å². The quantitative estimate of drug-likeness (QED) is 0.208. The molecule has 0 radical (unpaired) electrons. The second kappa shape index (κ2) is 17.7. The van der Waals surface area contributed by atoms with Crippen LogP contribution in [0.2, 0.25) is 0 Å². The molecular formula is C35H48Cl2Hf-2. The summed E-state index contributed by atoms with van der Waals surface area (Å²) in [7, 11) is 0. The van der Waals surface area contributed by atoms with Crippen LogP contribution in [0.15, 0.2) is 60.7 Å². The first kappa shape index (κ1) is 37.1. The Bertz CT molecular complexity index is 978. The van der Waals surface area contributed by atoms with E-state index in [1.807, 2.05) is 33.6 Å². The Morgan fingerprint density at radius 1 is 0.816 bits per heavy atom. The number of hydrogen-bond acceptors (Lipinski definition) is 0. The summed E-state index contributed by atoms with van der Waals surface area (Å²) in [5.41, 5.74) is 8.76. The Hall–Kier alpha value is -0.890. The standard InChI is InChI=1S/C21H25.C9H18.C5H5.2ClH.Hf/c1-20(2,3)16-9-7-14-11-15-8-10-17(21(4,5)6)13-19(15)18(14)12-16;1-3-5-7-9-8-6-4-2;1-2-4-5-3-1;;;/h7,9-10,12-13H,11H2,1-6H3;3-8H2,1-2H3;1-5H;2*1H;/q-1;;-1;;;+2/p-2. The van der Waals surface area contributed by atoms with Gasteiger partial charge in [-0.3, -0.25) is 0 Å². The largest absolute Gasteiger partial charge is 1.00 e. The summed E-state index contributed by atoms with van der Waals surface area (Å²) in [5.74, 6) is 0. The Balaban J connectivity index is 0.000000676. The summed E-state index contributed by atoms with van der Waals surface area (Å²) in [4.78, 5) is 0. The molecule has 0 nitrogen and oxygen atoms in total. The molecule has 1 aliphatic rings. The molecule has 0 atom stereocenters. The van der Waals surface area contributed by atoms with Gasteiger partial charge in [0, 0.05) is 0 Å². The molecule has 0 spiro atoms. The van der Waals surface area contributed by atoms with Crippen molar-refractivity contribution < 1.29 is 48.7 Å². The predicted molar refractivity (Wildman–Crippen MR) is 157 cm³/mol. The van der Waals surface area contributed by atoms with Crippen molar-refractivity contribution in [2.75, 3.05) is 0 Å². The summed E-state index contributed by atoms with van der Waals surface area (Å²) in [6.07, 6.45) is 9.42. The summed E-state index contributed by atoms with van der Waals surface area (Å²) in [6.45, 7) is 18.2. The molecule has 0 heterocycles. The van der Waals surface area contributed by atoms with Gasteiger partial charge in [0.1, 0.15) is 0 Å². The Kier molecular flexibility index (Phi) is 17.3. The van der Waals surface area contributed by atoms with E-state index in [2.05, 4.69) is 91.8 Å². The average Bonchev–Trinajstić information content (AvgIpc) is 3.51. The van der Waals surface area contributed by atoms with Gasteiger partial charge in [0.15, 0.2) is 0 Å². The van der Waals surface area contributed by atoms with E-state index < -0.39 is 0 Å². The molecule has 3 aromatic rings. The zero-order chi connectivity index (χ0) is 26.8. The minimum absolute atomic E-state index is 0. The van der Waals surface area contributed by atoms with E-state index in [9.17, 15) is 0 Å². The zero-order valence-electron chi connectivity index (χ0n) is 25.0. The van der Waals surface area contributed by atoms with Crippen LogP contribution in [0.3, 0.4) is 0 Å². The number of hydrogen-bond donors (Lipinski definition) is 0. The van der Waals surface area contributed by atoms with Gasteiger partial charge in [-0.1, -0.05) is 76.3 Å². The van der Waals surface area contributed by atoms with Gasteiger partial charge in [0.05, 0.1) is 0 Å². The fourth-order valence-corrected chi connectivity index (χ4v) is 5.48. The fraction of sp³-hybridized carbons (Fsp3) is 0.486. The van der Waals surface area contributed by atoms with Crippen LogP contribution in [0.4, 0.5) is 0 Å². The van der Waals surface area contributed by atoms with Crippen molar-refractivity contribution in [3.05, 3.63) is 89.0 Å². The number of benzene rings is 2. The smallest absolute Gasteiger partial charge is 0.172 e. The third kappa shape index (κ3) is 12.1. The van der Waals surface area contributed by atoms with Crippen molar-refractivity contribution in [2.45, 2.75) is 111 Å². The maximum Gasteiger partial charge on any atom is -0.172 e. The molecule has 0 bridgehead atoms. The van der Waals surface area contributed by atoms with Gasteiger partial charge in [-0.2, -0.15) is 47.5 Å². The Morgan fingerprint density at radius 2 is 1.34 bits per heavy atom. The van der Waals surface area contributed by atoms with Crippen molar-refractivity contribution in [3.63, 3.8) is 0 Å². The summed E-state index contributed by atoms with van der Waals surface area (Å²) in [6, 6.07) is 25.1. The SMILES string of the molecule is CC(C)(C)c1c[c-]c2c(c1)-c1cc(C(C)(C)C)ccc1C2.CCCC[C](=[Hf+2])CCCC.[Cl-].[Cl-].c1cc[cH-]c1. The molecule has 0 saturated carbocycles. The Morgan fingerprint density at radius 3 is 1.79 bits per heavy atom. The first-order valence-electron chi connectivity index (χ1n) is 13.9. The van der Waals surface area contributed by atoms with Crippen molar-refractivity contribution >= 4 is 3.26 Å². The topological polar surface area (TPSA) is 0 Å². The van der Waals surface area contributed by atoms with Crippen LogP contribution >= 0.6 is 0 Å². The summed E-state index contributed by atoms with van der Waals surface area (Å²) in [5, 5.41) is 0. The molecule has 38 heavy (non-hydrogen) atoms. The van der Waals surface area contributed by atoms with Crippen LogP contribution in [0.5, 0.6) is 0 Å². The monoisotopic (exact) mass is 718 g/mol. The van der Waals surface area contributed by atoms with Gasteiger partial charge < -0.3 is 24.8 Å². The van der Waals surface area contributed by atoms with Crippen LogP contribution in [0.1, 0.15) is 116 Å². The second-order valence-corrected chi connectivity index (χ2v) is 14.6. The van der Waals surface area contributed by atoms with Crippen LogP contribution in [0, 0.1) is 6.07 Å². The normalized spacial score (nSPS) is 11.4. The summed E-state index contributed by atoms with van der Waals surface area (Å²) >= 11 is 1.33. The van der Waals surface area contributed by atoms with E-state index >= 15 is 0 Å². The van der Waals surface area contributed by atoms with E-state index in [0.29, 0.717) is 0 Å². The van der Waals surface area contributed by atoms with Crippen molar-refractivity contribution in [2.24, 2.45) is 0 Å². The van der Waals surface area contributed by atoms with Crippen molar-refractivity contribution in [1.29, 1.82) is 0 Å². The molecule has 1 aliphatic carbocycles. The van der Waals surface area contributed by atoms with Gasteiger partial charge in [-0.25, -0.2) is 12.1 Å². The molecule has 0 aromatic heterocycles. The molecule has 3 aromatic carbocycles. The molecule has 0 amide bonds. The minimum atomic E-state index is 0. The van der Waals surface area contributed by atoms with Crippen LogP contribution in [-0.4, -0.2) is 3.26 Å². The zero-order valence-corrected chi connectivity index (χ0v) is 30.1. The van der Waals surface area contributed by atoms with E-state index in [0.717, 1.165) is 6.42 Å². The molecule has 3 heteroatoms. The Labute approximate surface area is 261 Å². The van der Waals surface area contributed by atoms with Gasteiger partial charge >= 0.3 is 79.5 Å². The van der Waals surface area contributed by atoms with E-state index in [4.69, 9.17) is 0 Å². The van der Waals surface area contributed by atoms with Gasteiger partial charge in [0.25, 0.3) is 0 Å². The van der Waals surface area contributed by atoms with E-state index in [1.54, 1.807) is 0 Å². The first-order chi connectivity index (χ1) is 17.0. The molecule has 0 unspecified atom stereocenters. The molecule has 0 fully saturated rings. The maximum absolute atomic E-state index is 3.53. The number of rotatable bonds is 6. The average molecular weight is 718 g/mol. The first-order valence-corrected chi connectivity index (χ1v) is 15.7.